The molecule has 17 heavy (non-hydrogen) atoms. The van der Waals surface area contributed by atoms with Crippen LogP contribution >= 0.6 is 0 Å². The molecule has 1 aromatic carbocycles. The predicted molar refractivity (Wildman–Crippen MR) is 70.0 cm³/mol. The first-order valence-corrected chi connectivity index (χ1v) is 6.42. The number of fused-ring (bicyclic) bond motifs is 1. The summed E-state index contributed by atoms with van der Waals surface area (Å²) in [6, 6.07) is 7.16. The summed E-state index contributed by atoms with van der Waals surface area (Å²) >= 11 is 0. The van der Waals surface area contributed by atoms with Gasteiger partial charge in [0.05, 0.1) is 11.2 Å². The van der Waals surface area contributed by atoms with E-state index < -0.39 is 0 Å². The van der Waals surface area contributed by atoms with Gasteiger partial charge in [-0.25, -0.2) is 0 Å². The number of piperidine rings is 1. The molecule has 2 atom stereocenters. The molecule has 0 radical (unpaired) electrons. The number of benzene rings is 1. The van der Waals surface area contributed by atoms with Crippen LogP contribution in [0.3, 0.4) is 0 Å². The number of aryl methyl sites for hydroxylation is 1. The molecule has 2 heterocycles. The highest BCUT2D eigenvalue weighted by molar-refractivity contribution is 5.81. The van der Waals surface area contributed by atoms with Gasteiger partial charge in [-0.15, -0.1) is 0 Å². The van der Waals surface area contributed by atoms with Gasteiger partial charge in [-0.3, -0.25) is 5.10 Å². The van der Waals surface area contributed by atoms with Crippen molar-refractivity contribution in [2.24, 2.45) is 5.92 Å². The molecule has 0 saturated carbocycles. The number of aromatic amines is 1. The minimum absolute atomic E-state index is 0.518. The Kier molecular flexibility index (Phi) is 2.63. The third kappa shape index (κ3) is 1.95. The van der Waals surface area contributed by atoms with Gasteiger partial charge in [0, 0.05) is 11.4 Å². The van der Waals surface area contributed by atoms with E-state index in [1.165, 1.54) is 23.8 Å². The summed E-state index contributed by atoms with van der Waals surface area (Å²) in [7, 11) is 0. The van der Waals surface area contributed by atoms with E-state index in [4.69, 9.17) is 0 Å². The van der Waals surface area contributed by atoms with Crippen molar-refractivity contribution in [3.63, 3.8) is 0 Å². The van der Waals surface area contributed by atoms with Gasteiger partial charge >= 0.3 is 0 Å². The molecular weight excluding hydrogens is 210 g/mol. The number of hydrogen-bond donors (Lipinski definition) is 2. The average molecular weight is 229 g/mol. The van der Waals surface area contributed by atoms with Crippen LogP contribution in [0.1, 0.15) is 37.1 Å². The maximum Gasteiger partial charge on any atom is 0.0670 e. The average Bonchev–Trinajstić information content (AvgIpc) is 2.72. The molecule has 3 heteroatoms. The molecule has 2 aromatic rings. The summed E-state index contributed by atoms with van der Waals surface area (Å²) in [5.74, 6) is 0.811. The lowest BCUT2D eigenvalue weighted by atomic mass is 9.91. The van der Waals surface area contributed by atoms with Crippen LogP contribution in [0.5, 0.6) is 0 Å². The summed E-state index contributed by atoms with van der Waals surface area (Å²) in [5.41, 5.74) is 3.62. The van der Waals surface area contributed by atoms with Crippen molar-refractivity contribution < 1.29 is 0 Å². The van der Waals surface area contributed by atoms with Gasteiger partial charge in [-0.05, 0) is 49.9 Å². The minimum atomic E-state index is 0.518. The van der Waals surface area contributed by atoms with Crippen LogP contribution in [0.25, 0.3) is 10.9 Å². The molecule has 1 aromatic heterocycles. The van der Waals surface area contributed by atoms with E-state index in [0.717, 1.165) is 23.7 Å². The highest BCUT2D eigenvalue weighted by atomic mass is 15.1. The van der Waals surface area contributed by atoms with Crippen molar-refractivity contribution in [2.45, 2.75) is 32.7 Å². The first-order chi connectivity index (χ1) is 8.24. The number of rotatable bonds is 1. The van der Waals surface area contributed by atoms with Gasteiger partial charge in [0.15, 0.2) is 0 Å². The SMILES string of the molecule is Cc1n[nH]c2ccc(C3CCC(C)CN3)cc12. The van der Waals surface area contributed by atoms with E-state index >= 15 is 0 Å². The Morgan fingerprint density at radius 2 is 2.18 bits per heavy atom. The number of aromatic nitrogens is 2. The molecule has 1 aliphatic heterocycles. The van der Waals surface area contributed by atoms with Gasteiger partial charge in [0.2, 0.25) is 0 Å². The molecule has 3 rings (SSSR count). The second-order valence-electron chi connectivity index (χ2n) is 5.26. The summed E-state index contributed by atoms with van der Waals surface area (Å²) < 4.78 is 0. The summed E-state index contributed by atoms with van der Waals surface area (Å²) in [5, 5.41) is 12.2. The lowest BCUT2D eigenvalue weighted by molar-refractivity contribution is 0.333. The van der Waals surface area contributed by atoms with Crippen LogP contribution < -0.4 is 5.32 Å². The Morgan fingerprint density at radius 3 is 2.94 bits per heavy atom. The third-order valence-electron chi connectivity index (χ3n) is 3.84. The molecule has 1 saturated heterocycles. The van der Waals surface area contributed by atoms with Crippen LogP contribution in [0.2, 0.25) is 0 Å². The Balaban J connectivity index is 1.92. The van der Waals surface area contributed by atoms with Gasteiger partial charge in [0.25, 0.3) is 0 Å². The monoisotopic (exact) mass is 229 g/mol. The first-order valence-electron chi connectivity index (χ1n) is 6.42. The molecule has 2 unspecified atom stereocenters. The fourth-order valence-electron chi connectivity index (χ4n) is 2.66. The molecule has 3 nitrogen and oxygen atoms in total. The second-order valence-corrected chi connectivity index (χ2v) is 5.26. The van der Waals surface area contributed by atoms with Crippen LogP contribution in [0.4, 0.5) is 0 Å². The second kappa shape index (κ2) is 4.15. The minimum Gasteiger partial charge on any atom is -0.310 e. The van der Waals surface area contributed by atoms with E-state index in [-0.39, 0.29) is 0 Å². The first kappa shape index (κ1) is 10.8. The maximum atomic E-state index is 4.25. The van der Waals surface area contributed by atoms with E-state index in [1.54, 1.807) is 0 Å². The molecule has 90 valence electrons. The molecular formula is C14H19N3. The molecule has 1 aliphatic rings. The van der Waals surface area contributed by atoms with E-state index in [9.17, 15) is 0 Å². The zero-order valence-electron chi connectivity index (χ0n) is 10.5. The maximum absolute atomic E-state index is 4.25. The summed E-state index contributed by atoms with van der Waals surface area (Å²) in [6.45, 7) is 5.50. The van der Waals surface area contributed by atoms with Gasteiger partial charge in [-0.1, -0.05) is 13.0 Å². The van der Waals surface area contributed by atoms with E-state index in [0.29, 0.717) is 6.04 Å². The molecule has 0 spiro atoms. The standard InChI is InChI=1S/C14H19N3/c1-9-3-5-13(15-8-9)11-4-6-14-12(7-11)10(2)16-17-14/h4,6-7,9,13,15H,3,5,8H2,1-2H3,(H,16,17). The Bertz CT molecular complexity index is 521. The number of hydrogen-bond acceptors (Lipinski definition) is 2. The fourth-order valence-corrected chi connectivity index (χ4v) is 2.66. The molecule has 2 N–H and O–H groups in total. The quantitative estimate of drug-likeness (QED) is 0.789. The van der Waals surface area contributed by atoms with Gasteiger partial charge < -0.3 is 5.32 Å². The zero-order valence-corrected chi connectivity index (χ0v) is 10.5. The largest absolute Gasteiger partial charge is 0.310 e. The van der Waals surface area contributed by atoms with E-state index in [2.05, 4.69) is 47.6 Å². The highest BCUT2D eigenvalue weighted by Gasteiger charge is 2.19. The van der Waals surface area contributed by atoms with Crippen molar-refractivity contribution >= 4 is 10.9 Å². The van der Waals surface area contributed by atoms with Crippen molar-refractivity contribution in [3.8, 4) is 0 Å². The normalized spacial score (nSPS) is 25.3. The van der Waals surface area contributed by atoms with Gasteiger partial charge in [0.1, 0.15) is 0 Å². The molecule has 1 fully saturated rings. The van der Waals surface area contributed by atoms with Crippen LogP contribution in [-0.2, 0) is 0 Å². The van der Waals surface area contributed by atoms with Gasteiger partial charge in [-0.2, -0.15) is 5.10 Å². The van der Waals surface area contributed by atoms with E-state index in [1.807, 2.05) is 0 Å². The van der Waals surface area contributed by atoms with Crippen LogP contribution in [0.15, 0.2) is 18.2 Å². The smallest absolute Gasteiger partial charge is 0.0670 e. The Labute approximate surface area is 102 Å². The number of nitrogens with one attached hydrogen (secondary N) is 2. The number of H-pyrrole nitrogens is 1. The molecule has 0 amide bonds. The fraction of sp³-hybridized carbons (Fsp3) is 0.500. The van der Waals surface area contributed by atoms with Crippen molar-refractivity contribution in [1.29, 1.82) is 0 Å². The lowest BCUT2D eigenvalue weighted by Gasteiger charge is -2.28. The molecule has 0 aliphatic carbocycles. The topological polar surface area (TPSA) is 40.7 Å². The zero-order chi connectivity index (χ0) is 11.8. The molecule has 0 bridgehead atoms. The number of nitrogens with zero attached hydrogens (tertiary/aromatic N) is 1. The summed E-state index contributed by atoms with van der Waals surface area (Å²) in [6.07, 6.45) is 2.56. The van der Waals surface area contributed by atoms with Crippen molar-refractivity contribution in [2.75, 3.05) is 6.54 Å². The van der Waals surface area contributed by atoms with Crippen LogP contribution in [-0.4, -0.2) is 16.7 Å². The third-order valence-corrected chi connectivity index (χ3v) is 3.84. The Morgan fingerprint density at radius 1 is 1.29 bits per heavy atom. The highest BCUT2D eigenvalue weighted by Crippen LogP contribution is 2.28. The predicted octanol–water partition coefficient (Wildman–Crippen LogP) is 2.93. The lowest BCUT2D eigenvalue weighted by Crippen LogP contribution is -2.31. The summed E-state index contributed by atoms with van der Waals surface area (Å²) in [4.78, 5) is 0. The van der Waals surface area contributed by atoms with Crippen molar-refractivity contribution in [1.82, 2.24) is 15.5 Å². The Hall–Kier alpha value is -1.35. The van der Waals surface area contributed by atoms with Crippen LogP contribution in [0, 0.1) is 12.8 Å². The van der Waals surface area contributed by atoms with Crippen molar-refractivity contribution in [3.05, 3.63) is 29.5 Å².